The van der Waals surface area contributed by atoms with Crippen LogP contribution < -0.4 is 0 Å². The Kier molecular flexibility index (Phi) is 2.66. The smallest absolute Gasteiger partial charge is 0.0671 e. The van der Waals surface area contributed by atoms with E-state index in [9.17, 15) is 0 Å². The van der Waals surface area contributed by atoms with E-state index < -0.39 is 0 Å². The van der Waals surface area contributed by atoms with E-state index in [1.807, 2.05) is 18.5 Å². The van der Waals surface area contributed by atoms with Crippen LogP contribution in [0.2, 0.25) is 0 Å². The lowest BCUT2D eigenvalue weighted by Gasteiger charge is -2.21. The summed E-state index contributed by atoms with van der Waals surface area (Å²) in [7, 11) is 0. The number of hydrogen-bond acceptors (Lipinski definition) is 2. The van der Waals surface area contributed by atoms with Gasteiger partial charge in [-0.25, -0.2) is 0 Å². The van der Waals surface area contributed by atoms with Gasteiger partial charge in [-0.15, -0.1) is 0 Å². The molecule has 1 rings (SSSR count). The standard InChI is InChI=1S/C11H17N3/c1-8-10(6-7-12)9(2)14(13-8)11(3,4)5/h6H2,1-5H3. The van der Waals surface area contributed by atoms with Gasteiger partial charge in [0, 0.05) is 11.3 Å². The number of hydrogen-bond donors (Lipinski definition) is 0. The first kappa shape index (κ1) is 10.8. The van der Waals surface area contributed by atoms with Gasteiger partial charge in [-0.05, 0) is 34.6 Å². The van der Waals surface area contributed by atoms with Gasteiger partial charge in [-0.2, -0.15) is 10.4 Å². The zero-order chi connectivity index (χ0) is 10.9. The third-order valence-electron chi connectivity index (χ3n) is 2.33. The highest BCUT2D eigenvalue weighted by molar-refractivity contribution is 5.28. The molecule has 0 spiro atoms. The van der Waals surface area contributed by atoms with Gasteiger partial charge in [0.1, 0.15) is 0 Å². The fourth-order valence-corrected chi connectivity index (χ4v) is 1.66. The number of nitrogens with zero attached hydrogens (tertiary/aromatic N) is 3. The molecule has 0 saturated carbocycles. The molecule has 1 aromatic rings. The third kappa shape index (κ3) is 1.79. The van der Waals surface area contributed by atoms with Crippen molar-refractivity contribution >= 4 is 0 Å². The van der Waals surface area contributed by atoms with Gasteiger partial charge in [0.2, 0.25) is 0 Å². The fraction of sp³-hybridized carbons (Fsp3) is 0.636. The molecule has 0 aliphatic heterocycles. The molecule has 1 aromatic heterocycles. The highest BCUT2D eigenvalue weighted by Crippen LogP contribution is 2.21. The molecule has 0 N–H and O–H groups in total. The van der Waals surface area contributed by atoms with Crippen LogP contribution in [0.15, 0.2) is 0 Å². The largest absolute Gasteiger partial charge is 0.264 e. The zero-order valence-corrected chi connectivity index (χ0v) is 9.55. The van der Waals surface area contributed by atoms with Crippen molar-refractivity contribution in [1.29, 1.82) is 5.26 Å². The topological polar surface area (TPSA) is 41.6 Å². The van der Waals surface area contributed by atoms with Crippen LogP contribution >= 0.6 is 0 Å². The summed E-state index contributed by atoms with van der Waals surface area (Å²) in [6.07, 6.45) is 0.452. The van der Waals surface area contributed by atoms with Crippen molar-refractivity contribution in [1.82, 2.24) is 9.78 Å². The number of rotatable bonds is 1. The SMILES string of the molecule is Cc1nn(C(C)(C)C)c(C)c1CC#N. The molecular formula is C11H17N3. The summed E-state index contributed by atoms with van der Waals surface area (Å²) in [5.74, 6) is 0. The van der Waals surface area contributed by atoms with E-state index in [0.717, 1.165) is 17.0 Å². The molecule has 1 heterocycles. The maximum absolute atomic E-state index is 8.69. The molecular weight excluding hydrogens is 174 g/mol. The number of nitriles is 1. The second-order valence-electron chi connectivity index (χ2n) is 4.57. The maximum atomic E-state index is 8.69. The Hall–Kier alpha value is -1.30. The molecule has 0 radical (unpaired) electrons. The first-order valence-electron chi connectivity index (χ1n) is 4.80. The van der Waals surface area contributed by atoms with E-state index >= 15 is 0 Å². The molecule has 3 nitrogen and oxygen atoms in total. The minimum absolute atomic E-state index is 0.0114. The van der Waals surface area contributed by atoms with Gasteiger partial charge in [-0.1, -0.05) is 0 Å². The van der Waals surface area contributed by atoms with Crippen molar-refractivity contribution in [3.63, 3.8) is 0 Å². The molecule has 0 aromatic carbocycles. The molecule has 0 atom stereocenters. The summed E-state index contributed by atoms with van der Waals surface area (Å²) in [5, 5.41) is 13.2. The quantitative estimate of drug-likeness (QED) is 0.683. The Balaban J connectivity index is 3.25. The molecule has 3 heteroatoms. The van der Waals surface area contributed by atoms with E-state index in [4.69, 9.17) is 5.26 Å². The summed E-state index contributed by atoms with van der Waals surface area (Å²) >= 11 is 0. The molecule has 76 valence electrons. The molecule has 0 aliphatic carbocycles. The first-order valence-corrected chi connectivity index (χ1v) is 4.80. The average molecular weight is 191 g/mol. The van der Waals surface area contributed by atoms with E-state index in [1.54, 1.807) is 0 Å². The summed E-state index contributed by atoms with van der Waals surface area (Å²) in [6, 6.07) is 2.18. The van der Waals surface area contributed by atoms with E-state index in [2.05, 4.69) is 31.9 Å². The summed E-state index contributed by atoms with van der Waals surface area (Å²) in [5.41, 5.74) is 3.14. The molecule has 0 saturated heterocycles. The first-order chi connectivity index (χ1) is 6.38. The zero-order valence-electron chi connectivity index (χ0n) is 9.55. The molecule has 0 bridgehead atoms. The van der Waals surface area contributed by atoms with Gasteiger partial charge in [-0.3, -0.25) is 4.68 Å². The molecule has 0 unspecified atom stereocenters. The summed E-state index contributed by atoms with van der Waals surface area (Å²) < 4.78 is 2.00. The monoisotopic (exact) mass is 191 g/mol. The van der Waals surface area contributed by atoms with Crippen molar-refractivity contribution in [3.8, 4) is 6.07 Å². The molecule has 0 aliphatic rings. The van der Waals surface area contributed by atoms with E-state index in [-0.39, 0.29) is 5.54 Å². The number of aromatic nitrogens is 2. The minimum Gasteiger partial charge on any atom is -0.264 e. The second-order valence-corrected chi connectivity index (χ2v) is 4.57. The highest BCUT2D eigenvalue weighted by atomic mass is 15.3. The number of aryl methyl sites for hydroxylation is 1. The lowest BCUT2D eigenvalue weighted by molar-refractivity contribution is 0.346. The Morgan fingerprint density at radius 2 is 1.93 bits per heavy atom. The van der Waals surface area contributed by atoms with Gasteiger partial charge in [0.05, 0.1) is 23.7 Å². The fourth-order valence-electron chi connectivity index (χ4n) is 1.66. The van der Waals surface area contributed by atoms with E-state index in [1.165, 1.54) is 0 Å². The lowest BCUT2D eigenvalue weighted by atomic mass is 10.1. The van der Waals surface area contributed by atoms with Gasteiger partial charge < -0.3 is 0 Å². The lowest BCUT2D eigenvalue weighted by Crippen LogP contribution is -2.24. The Morgan fingerprint density at radius 1 is 1.36 bits per heavy atom. The van der Waals surface area contributed by atoms with Crippen molar-refractivity contribution in [2.45, 2.75) is 46.6 Å². The minimum atomic E-state index is -0.0114. The van der Waals surface area contributed by atoms with Crippen LogP contribution in [0.1, 0.15) is 37.7 Å². The van der Waals surface area contributed by atoms with Crippen LogP contribution in [0.3, 0.4) is 0 Å². The van der Waals surface area contributed by atoms with Crippen LogP contribution in [0.5, 0.6) is 0 Å². The van der Waals surface area contributed by atoms with E-state index in [0.29, 0.717) is 6.42 Å². The van der Waals surface area contributed by atoms with Crippen molar-refractivity contribution < 1.29 is 0 Å². The van der Waals surface area contributed by atoms with Crippen molar-refractivity contribution in [3.05, 3.63) is 17.0 Å². The predicted molar refractivity (Wildman–Crippen MR) is 56.0 cm³/mol. The van der Waals surface area contributed by atoms with Crippen LogP contribution in [-0.4, -0.2) is 9.78 Å². The van der Waals surface area contributed by atoms with Crippen LogP contribution in [0.4, 0.5) is 0 Å². The van der Waals surface area contributed by atoms with Gasteiger partial charge >= 0.3 is 0 Å². The molecule has 0 fully saturated rings. The molecule has 0 amide bonds. The summed E-state index contributed by atoms with van der Waals surface area (Å²) in [6.45, 7) is 10.3. The average Bonchev–Trinajstić information content (AvgIpc) is 2.31. The normalized spacial score (nSPS) is 11.4. The van der Waals surface area contributed by atoms with Gasteiger partial charge in [0.25, 0.3) is 0 Å². The van der Waals surface area contributed by atoms with Crippen LogP contribution in [0.25, 0.3) is 0 Å². The Labute approximate surface area is 85.4 Å². The molecule has 14 heavy (non-hydrogen) atoms. The predicted octanol–water partition coefficient (Wildman–Crippen LogP) is 2.32. The van der Waals surface area contributed by atoms with Gasteiger partial charge in [0.15, 0.2) is 0 Å². The van der Waals surface area contributed by atoms with Crippen molar-refractivity contribution in [2.24, 2.45) is 0 Å². The highest BCUT2D eigenvalue weighted by Gasteiger charge is 2.20. The van der Waals surface area contributed by atoms with Crippen LogP contribution in [0, 0.1) is 25.2 Å². The second kappa shape index (κ2) is 3.45. The van der Waals surface area contributed by atoms with Crippen LogP contribution in [-0.2, 0) is 12.0 Å². The third-order valence-corrected chi connectivity index (χ3v) is 2.33. The maximum Gasteiger partial charge on any atom is 0.0671 e. The Bertz CT molecular complexity index is 374. The Morgan fingerprint density at radius 3 is 2.29 bits per heavy atom. The summed E-state index contributed by atoms with van der Waals surface area (Å²) in [4.78, 5) is 0. The van der Waals surface area contributed by atoms with Crippen molar-refractivity contribution in [2.75, 3.05) is 0 Å².